The van der Waals surface area contributed by atoms with Crippen LogP contribution >= 0.6 is 0 Å². The van der Waals surface area contributed by atoms with Gasteiger partial charge in [-0.1, -0.05) is 0 Å². The van der Waals surface area contributed by atoms with E-state index in [2.05, 4.69) is 4.98 Å². The Labute approximate surface area is 133 Å². The fourth-order valence-electron chi connectivity index (χ4n) is 3.97. The van der Waals surface area contributed by atoms with E-state index in [1.807, 2.05) is 19.1 Å². The Balaban J connectivity index is 1.67. The van der Waals surface area contributed by atoms with Crippen LogP contribution in [0.4, 0.5) is 0 Å². The Morgan fingerprint density at radius 2 is 2.17 bits per heavy atom. The molecule has 23 heavy (non-hydrogen) atoms. The number of likely N-dealkylation sites (tertiary alicyclic amines) is 1. The van der Waals surface area contributed by atoms with Crippen LogP contribution in [0, 0.1) is 18.8 Å². The first-order valence-corrected chi connectivity index (χ1v) is 8.07. The van der Waals surface area contributed by atoms with Crippen molar-refractivity contribution < 1.29 is 4.79 Å². The van der Waals surface area contributed by atoms with Gasteiger partial charge in [0.05, 0.1) is 0 Å². The molecule has 0 aromatic carbocycles. The predicted molar refractivity (Wildman–Crippen MR) is 86.3 cm³/mol. The lowest BCUT2D eigenvalue weighted by Gasteiger charge is -2.18. The number of hydrogen-bond donors (Lipinski definition) is 1. The lowest BCUT2D eigenvalue weighted by atomic mass is 9.98. The maximum atomic E-state index is 12.7. The summed E-state index contributed by atoms with van der Waals surface area (Å²) < 4.78 is 1.43. The summed E-state index contributed by atoms with van der Waals surface area (Å²) in [6, 6.07) is 3.84. The van der Waals surface area contributed by atoms with Crippen molar-refractivity contribution in [2.45, 2.75) is 25.8 Å². The molecule has 0 radical (unpaired) electrons. The number of nitrogens with zero attached hydrogens (tertiary/aromatic N) is 3. The van der Waals surface area contributed by atoms with Crippen LogP contribution in [0.1, 0.15) is 28.8 Å². The van der Waals surface area contributed by atoms with Crippen LogP contribution in [0.3, 0.4) is 0 Å². The number of nitrogens with two attached hydrogens (primary N) is 1. The van der Waals surface area contributed by atoms with Crippen LogP contribution in [-0.2, 0) is 0 Å². The maximum absolute atomic E-state index is 12.7. The molecule has 1 aliphatic heterocycles. The van der Waals surface area contributed by atoms with E-state index in [4.69, 9.17) is 5.73 Å². The zero-order chi connectivity index (χ0) is 16.1. The van der Waals surface area contributed by atoms with E-state index >= 15 is 0 Å². The Morgan fingerprint density at radius 3 is 2.96 bits per heavy atom. The van der Waals surface area contributed by atoms with Gasteiger partial charge >= 0.3 is 0 Å². The minimum atomic E-state index is -0.304. The van der Waals surface area contributed by atoms with Gasteiger partial charge in [-0.2, -0.15) is 0 Å². The first-order valence-electron chi connectivity index (χ1n) is 8.07. The van der Waals surface area contributed by atoms with Gasteiger partial charge in [0.15, 0.2) is 0 Å². The fraction of sp³-hybridized carbons (Fsp3) is 0.471. The number of carbonyl (C=O) groups excluding carboxylic acids is 1. The van der Waals surface area contributed by atoms with Crippen LogP contribution in [0.25, 0.3) is 5.65 Å². The number of fused-ring (bicyclic) bond motifs is 2. The number of rotatable bonds is 1. The molecule has 2 fully saturated rings. The van der Waals surface area contributed by atoms with Crippen LogP contribution in [0.15, 0.2) is 29.3 Å². The third-order valence-corrected chi connectivity index (χ3v) is 5.30. The quantitative estimate of drug-likeness (QED) is 0.845. The average Bonchev–Trinajstić information content (AvgIpc) is 3.09. The van der Waals surface area contributed by atoms with Gasteiger partial charge in [-0.3, -0.25) is 14.0 Å². The van der Waals surface area contributed by atoms with Gasteiger partial charge in [0.25, 0.3) is 11.5 Å². The SMILES string of the molecule is Cc1ccn2c(=O)c(C(=O)N3CC4CCC(N)C4C3)cnc2c1. The van der Waals surface area contributed by atoms with Crippen LogP contribution < -0.4 is 11.3 Å². The highest BCUT2D eigenvalue weighted by Gasteiger charge is 2.43. The first kappa shape index (κ1) is 14.4. The molecule has 3 unspecified atom stereocenters. The zero-order valence-electron chi connectivity index (χ0n) is 13.1. The van der Waals surface area contributed by atoms with Gasteiger partial charge in [-0.15, -0.1) is 0 Å². The fourth-order valence-corrected chi connectivity index (χ4v) is 3.97. The highest BCUT2D eigenvalue weighted by atomic mass is 16.2. The second-order valence-electron chi connectivity index (χ2n) is 6.78. The Kier molecular flexibility index (Phi) is 3.23. The van der Waals surface area contributed by atoms with Crippen molar-refractivity contribution in [2.24, 2.45) is 17.6 Å². The molecular formula is C17H20N4O2. The molecule has 2 aromatic heterocycles. The summed E-state index contributed by atoms with van der Waals surface area (Å²) in [5.74, 6) is 0.629. The Morgan fingerprint density at radius 1 is 1.35 bits per heavy atom. The van der Waals surface area contributed by atoms with Crippen LogP contribution in [0.5, 0.6) is 0 Å². The third-order valence-electron chi connectivity index (χ3n) is 5.30. The summed E-state index contributed by atoms with van der Waals surface area (Å²) in [7, 11) is 0. The molecule has 120 valence electrons. The van der Waals surface area contributed by atoms with E-state index < -0.39 is 0 Å². The largest absolute Gasteiger partial charge is 0.338 e. The van der Waals surface area contributed by atoms with Gasteiger partial charge in [-0.25, -0.2) is 4.98 Å². The van der Waals surface area contributed by atoms with Crippen molar-refractivity contribution in [3.8, 4) is 0 Å². The van der Waals surface area contributed by atoms with E-state index in [9.17, 15) is 9.59 Å². The molecule has 1 saturated heterocycles. The third kappa shape index (κ3) is 2.25. The molecule has 0 spiro atoms. The molecule has 2 aliphatic rings. The van der Waals surface area contributed by atoms with E-state index in [0.29, 0.717) is 30.6 Å². The van der Waals surface area contributed by atoms with Crippen molar-refractivity contribution in [3.05, 3.63) is 46.0 Å². The van der Waals surface area contributed by atoms with E-state index in [0.717, 1.165) is 18.4 Å². The molecule has 6 heteroatoms. The topological polar surface area (TPSA) is 80.7 Å². The monoisotopic (exact) mass is 312 g/mol. The molecular weight excluding hydrogens is 292 g/mol. The minimum absolute atomic E-state index is 0.139. The highest BCUT2D eigenvalue weighted by Crippen LogP contribution is 2.37. The van der Waals surface area contributed by atoms with Crippen LogP contribution in [-0.4, -0.2) is 39.3 Å². The minimum Gasteiger partial charge on any atom is -0.338 e. The summed E-state index contributed by atoms with van der Waals surface area (Å²) in [6.45, 7) is 3.30. The van der Waals surface area contributed by atoms with Crippen molar-refractivity contribution in [3.63, 3.8) is 0 Å². The van der Waals surface area contributed by atoms with Crippen molar-refractivity contribution in [1.82, 2.24) is 14.3 Å². The van der Waals surface area contributed by atoms with E-state index in [1.54, 1.807) is 11.1 Å². The number of hydrogen-bond acceptors (Lipinski definition) is 4. The van der Waals surface area contributed by atoms with Gasteiger partial charge < -0.3 is 10.6 Å². The molecule has 4 rings (SSSR count). The molecule has 1 aliphatic carbocycles. The van der Waals surface area contributed by atoms with Gasteiger partial charge in [0, 0.05) is 31.5 Å². The summed E-state index contributed by atoms with van der Waals surface area (Å²) in [5, 5.41) is 0. The summed E-state index contributed by atoms with van der Waals surface area (Å²) in [4.78, 5) is 31.4. The van der Waals surface area contributed by atoms with Gasteiger partial charge in [0.2, 0.25) is 0 Å². The van der Waals surface area contributed by atoms with Crippen molar-refractivity contribution in [1.29, 1.82) is 0 Å². The molecule has 3 heterocycles. The van der Waals surface area contributed by atoms with Crippen molar-refractivity contribution in [2.75, 3.05) is 13.1 Å². The molecule has 3 atom stereocenters. The average molecular weight is 312 g/mol. The van der Waals surface area contributed by atoms with E-state index in [-0.39, 0.29) is 23.1 Å². The van der Waals surface area contributed by atoms with E-state index in [1.165, 1.54) is 10.6 Å². The number of carbonyl (C=O) groups is 1. The van der Waals surface area contributed by atoms with Crippen LogP contribution in [0.2, 0.25) is 0 Å². The first-order chi connectivity index (χ1) is 11.0. The molecule has 1 amide bonds. The summed E-state index contributed by atoms with van der Waals surface area (Å²) >= 11 is 0. The molecule has 6 nitrogen and oxygen atoms in total. The number of aromatic nitrogens is 2. The van der Waals surface area contributed by atoms with Gasteiger partial charge in [0.1, 0.15) is 11.2 Å². The number of aryl methyl sites for hydroxylation is 1. The molecule has 2 N–H and O–H groups in total. The lowest BCUT2D eigenvalue weighted by molar-refractivity contribution is 0.0777. The molecule has 0 bridgehead atoms. The Hall–Kier alpha value is -2.21. The highest BCUT2D eigenvalue weighted by molar-refractivity contribution is 5.94. The number of amides is 1. The normalized spacial score (nSPS) is 26.7. The zero-order valence-corrected chi connectivity index (χ0v) is 13.1. The molecule has 1 saturated carbocycles. The number of pyridine rings is 1. The maximum Gasteiger partial charge on any atom is 0.270 e. The second kappa shape index (κ2) is 5.16. The van der Waals surface area contributed by atoms with Gasteiger partial charge in [-0.05, 0) is 49.3 Å². The van der Waals surface area contributed by atoms with Crippen molar-refractivity contribution >= 4 is 11.6 Å². The Bertz CT molecular complexity index is 844. The lowest BCUT2D eigenvalue weighted by Crippen LogP contribution is -2.36. The molecule has 2 aromatic rings. The summed E-state index contributed by atoms with van der Waals surface area (Å²) in [6.07, 6.45) is 5.19. The predicted octanol–water partition coefficient (Wildman–Crippen LogP) is 0.812. The summed E-state index contributed by atoms with van der Waals surface area (Å²) in [5.41, 5.74) is 7.54. The smallest absolute Gasteiger partial charge is 0.270 e. The second-order valence-corrected chi connectivity index (χ2v) is 6.78. The standard InChI is InChI=1S/C17H20N4O2/c1-10-4-5-21-15(6-10)19-7-12(17(21)23)16(22)20-8-11-2-3-14(18)13(11)9-20/h4-7,11,13-14H,2-3,8-9,18H2,1H3.